The summed E-state index contributed by atoms with van der Waals surface area (Å²) < 4.78 is 4.05. The molecule has 0 saturated heterocycles. The van der Waals surface area contributed by atoms with Gasteiger partial charge in [-0.25, -0.2) is 4.98 Å². The average molecular weight is 226 g/mol. The van der Waals surface area contributed by atoms with Gasteiger partial charge >= 0.3 is 0 Å². The molecule has 1 aromatic rings. The van der Waals surface area contributed by atoms with Crippen LogP contribution in [-0.4, -0.2) is 28.4 Å². The van der Waals surface area contributed by atoms with Crippen LogP contribution in [-0.2, 0) is 4.79 Å². The number of aryl methyl sites for hydroxylation is 1. The summed E-state index contributed by atoms with van der Waals surface area (Å²) in [5, 5.41) is 6.80. The summed E-state index contributed by atoms with van der Waals surface area (Å²) in [7, 11) is 0. The van der Waals surface area contributed by atoms with Crippen molar-refractivity contribution in [1.29, 1.82) is 0 Å². The molecule has 1 aliphatic carbocycles. The number of hydrogen-bond acceptors (Lipinski definition) is 5. The highest BCUT2D eigenvalue weighted by atomic mass is 32.1. The maximum atomic E-state index is 11.3. The quantitative estimate of drug-likeness (QED) is 0.728. The van der Waals surface area contributed by atoms with Crippen LogP contribution in [0.1, 0.15) is 18.7 Å². The summed E-state index contributed by atoms with van der Waals surface area (Å²) in [4.78, 5) is 15.4. The van der Waals surface area contributed by atoms with Crippen LogP contribution in [0, 0.1) is 12.8 Å². The highest BCUT2D eigenvalue weighted by molar-refractivity contribution is 7.09. The molecule has 1 heterocycles. The van der Waals surface area contributed by atoms with Gasteiger partial charge in [0.1, 0.15) is 5.82 Å². The van der Waals surface area contributed by atoms with Crippen LogP contribution in [0.25, 0.3) is 0 Å². The Morgan fingerprint density at radius 1 is 1.53 bits per heavy atom. The van der Waals surface area contributed by atoms with Gasteiger partial charge in [-0.2, -0.15) is 4.37 Å². The molecule has 0 aliphatic heterocycles. The Kier molecular flexibility index (Phi) is 3.15. The van der Waals surface area contributed by atoms with Gasteiger partial charge in [0.05, 0.1) is 0 Å². The van der Waals surface area contributed by atoms with Crippen LogP contribution >= 0.6 is 11.5 Å². The fraction of sp³-hybridized carbons (Fsp3) is 0.667. The van der Waals surface area contributed by atoms with Crippen molar-refractivity contribution < 1.29 is 4.79 Å². The van der Waals surface area contributed by atoms with Gasteiger partial charge in [0.25, 0.3) is 0 Å². The molecule has 1 saturated carbocycles. The Bertz CT molecular complexity index is 348. The Morgan fingerprint density at radius 2 is 2.33 bits per heavy atom. The first-order valence-electron chi connectivity index (χ1n) is 5.07. The first kappa shape index (κ1) is 10.4. The minimum atomic E-state index is 0.185. The maximum Gasteiger partial charge on any atom is 0.223 e. The van der Waals surface area contributed by atoms with Gasteiger partial charge in [0, 0.05) is 30.5 Å². The van der Waals surface area contributed by atoms with E-state index in [-0.39, 0.29) is 11.8 Å². The van der Waals surface area contributed by atoms with Crippen LogP contribution in [0.15, 0.2) is 0 Å². The Labute approximate surface area is 92.5 Å². The normalized spacial score (nSPS) is 15.0. The van der Waals surface area contributed by atoms with E-state index in [0.29, 0.717) is 13.1 Å². The van der Waals surface area contributed by atoms with Gasteiger partial charge in [0.2, 0.25) is 11.0 Å². The zero-order valence-corrected chi connectivity index (χ0v) is 9.43. The molecular weight excluding hydrogens is 212 g/mol. The smallest absolute Gasteiger partial charge is 0.223 e. The number of nitrogens with one attached hydrogen (secondary N) is 2. The van der Waals surface area contributed by atoms with Crippen molar-refractivity contribution >= 4 is 22.6 Å². The molecule has 2 N–H and O–H groups in total. The van der Waals surface area contributed by atoms with E-state index in [1.807, 2.05) is 6.92 Å². The molecule has 0 aromatic carbocycles. The molecule has 0 radical (unpaired) electrons. The van der Waals surface area contributed by atoms with Crippen LogP contribution < -0.4 is 10.6 Å². The highest BCUT2D eigenvalue weighted by Crippen LogP contribution is 2.28. The van der Waals surface area contributed by atoms with E-state index in [1.54, 1.807) is 0 Å². The molecule has 1 aromatic heterocycles. The van der Waals surface area contributed by atoms with Crippen molar-refractivity contribution in [3.8, 4) is 0 Å². The summed E-state index contributed by atoms with van der Waals surface area (Å²) in [5.74, 6) is 1.25. The standard InChI is InChI=1S/C9H14N4OS/c1-6-12-9(15-13-6)11-5-4-10-8(14)7-2-3-7/h7H,2-5H2,1H3,(H,10,14)(H,11,12,13). The first-order chi connectivity index (χ1) is 7.25. The van der Waals surface area contributed by atoms with Crippen LogP contribution in [0.3, 0.4) is 0 Å². The lowest BCUT2D eigenvalue weighted by Crippen LogP contribution is -2.29. The SMILES string of the molecule is Cc1nsc(NCCNC(=O)C2CC2)n1. The van der Waals surface area contributed by atoms with E-state index < -0.39 is 0 Å². The van der Waals surface area contributed by atoms with Gasteiger partial charge in [-0.05, 0) is 19.8 Å². The van der Waals surface area contributed by atoms with E-state index in [9.17, 15) is 4.79 Å². The Morgan fingerprint density at radius 3 is 2.93 bits per heavy atom. The number of rotatable bonds is 5. The summed E-state index contributed by atoms with van der Waals surface area (Å²) in [6.07, 6.45) is 2.10. The summed E-state index contributed by atoms with van der Waals surface area (Å²) >= 11 is 1.34. The molecule has 15 heavy (non-hydrogen) atoms. The molecule has 5 nitrogen and oxygen atoms in total. The fourth-order valence-corrected chi connectivity index (χ4v) is 1.81. The fourth-order valence-electron chi connectivity index (χ4n) is 1.21. The van der Waals surface area contributed by atoms with Crippen molar-refractivity contribution in [3.63, 3.8) is 0 Å². The predicted octanol–water partition coefficient (Wildman–Crippen LogP) is 0.785. The minimum absolute atomic E-state index is 0.185. The second-order valence-corrected chi connectivity index (χ2v) is 4.39. The monoisotopic (exact) mass is 226 g/mol. The Hall–Kier alpha value is -1.17. The number of nitrogens with zero attached hydrogens (tertiary/aromatic N) is 2. The summed E-state index contributed by atoms with van der Waals surface area (Å²) in [5.41, 5.74) is 0. The lowest BCUT2D eigenvalue weighted by Gasteiger charge is -2.04. The second-order valence-electron chi connectivity index (χ2n) is 3.64. The van der Waals surface area contributed by atoms with Crippen LogP contribution in [0.5, 0.6) is 0 Å². The van der Waals surface area contributed by atoms with Crippen LogP contribution in [0.4, 0.5) is 5.13 Å². The van der Waals surface area contributed by atoms with Crippen molar-refractivity contribution in [2.75, 3.05) is 18.4 Å². The first-order valence-corrected chi connectivity index (χ1v) is 5.85. The highest BCUT2D eigenvalue weighted by Gasteiger charge is 2.28. The number of carbonyl (C=O) groups is 1. The summed E-state index contributed by atoms with van der Waals surface area (Å²) in [6.45, 7) is 3.21. The van der Waals surface area contributed by atoms with E-state index >= 15 is 0 Å². The number of anilines is 1. The van der Waals surface area contributed by atoms with Gasteiger partial charge in [-0.15, -0.1) is 0 Å². The van der Waals surface area contributed by atoms with Crippen molar-refractivity contribution in [2.24, 2.45) is 5.92 Å². The molecule has 1 fully saturated rings. The van der Waals surface area contributed by atoms with Crippen molar-refractivity contribution in [2.45, 2.75) is 19.8 Å². The molecule has 0 bridgehead atoms. The van der Waals surface area contributed by atoms with Gasteiger partial charge < -0.3 is 10.6 Å². The van der Waals surface area contributed by atoms with E-state index in [0.717, 1.165) is 23.8 Å². The minimum Gasteiger partial charge on any atom is -0.359 e. The molecule has 2 rings (SSSR count). The topological polar surface area (TPSA) is 66.9 Å². The Balaban J connectivity index is 1.60. The van der Waals surface area contributed by atoms with Crippen molar-refractivity contribution in [1.82, 2.24) is 14.7 Å². The van der Waals surface area contributed by atoms with E-state index in [2.05, 4.69) is 20.0 Å². The summed E-state index contributed by atoms with van der Waals surface area (Å²) in [6, 6.07) is 0. The second kappa shape index (κ2) is 4.57. The number of hydrogen-bond donors (Lipinski definition) is 2. The molecule has 6 heteroatoms. The van der Waals surface area contributed by atoms with Gasteiger partial charge in [-0.3, -0.25) is 4.79 Å². The van der Waals surface area contributed by atoms with Crippen molar-refractivity contribution in [3.05, 3.63) is 5.82 Å². The maximum absolute atomic E-state index is 11.3. The molecule has 1 amide bonds. The zero-order chi connectivity index (χ0) is 10.7. The lowest BCUT2D eigenvalue weighted by atomic mass is 10.4. The average Bonchev–Trinajstić information content (AvgIpc) is 2.98. The number of amides is 1. The third-order valence-corrected chi connectivity index (χ3v) is 2.94. The van der Waals surface area contributed by atoms with Crippen LogP contribution in [0.2, 0.25) is 0 Å². The number of carbonyl (C=O) groups excluding carboxylic acids is 1. The third kappa shape index (κ3) is 3.16. The van der Waals surface area contributed by atoms with E-state index in [4.69, 9.17) is 0 Å². The molecular formula is C9H14N4OS. The van der Waals surface area contributed by atoms with Gasteiger partial charge in [0.15, 0.2) is 0 Å². The lowest BCUT2D eigenvalue weighted by molar-refractivity contribution is -0.122. The van der Waals surface area contributed by atoms with E-state index in [1.165, 1.54) is 11.5 Å². The molecule has 0 atom stereocenters. The van der Waals surface area contributed by atoms with Gasteiger partial charge in [-0.1, -0.05) is 0 Å². The largest absolute Gasteiger partial charge is 0.359 e. The molecule has 82 valence electrons. The molecule has 1 aliphatic rings. The predicted molar refractivity (Wildman–Crippen MR) is 58.9 cm³/mol. The molecule has 0 spiro atoms. The number of aromatic nitrogens is 2. The zero-order valence-electron chi connectivity index (χ0n) is 8.62. The third-order valence-electron chi connectivity index (χ3n) is 2.18. The molecule has 0 unspecified atom stereocenters.